The van der Waals surface area contributed by atoms with Gasteiger partial charge in [-0.1, -0.05) is 13.8 Å². The number of phenols is 1. The molecular formula is C10H13NaO4S. The van der Waals surface area contributed by atoms with E-state index in [9.17, 15) is 18.1 Å². The number of rotatable bonds is 3. The summed E-state index contributed by atoms with van der Waals surface area (Å²) in [5.41, 5.74) is 0.979. The monoisotopic (exact) mass is 252 g/mol. The van der Waals surface area contributed by atoms with Crippen LogP contribution >= 0.6 is 0 Å². The summed E-state index contributed by atoms with van der Waals surface area (Å²) in [6.07, 6.45) is 0.977. The second-order valence-electron chi connectivity index (χ2n) is 3.25. The van der Waals surface area contributed by atoms with Gasteiger partial charge in [0.15, 0.2) is 0 Å². The van der Waals surface area contributed by atoms with Gasteiger partial charge in [-0.25, -0.2) is 8.42 Å². The van der Waals surface area contributed by atoms with Gasteiger partial charge in [0.2, 0.25) is 0 Å². The van der Waals surface area contributed by atoms with Gasteiger partial charge in [0.1, 0.15) is 15.9 Å². The Morgan fingerprint density at radius 1 is 1.19 bits per heavy atom. The average molecular weight is 252 g/mol. The van der Waals surface area contributed by atoms with Gasteiger partial charge in [-0.2, -0.15) is 0 Å². The number of aryl methyl sites for hydroxylation is 2. The summed E-state index contributed by atoms with van der Waals surface area (Å²) < 4.78 is 32.5. The molecule has 16 heavy (non-hydrogen) atoms. The number of aromatic hydroxyl groups is 1. The largest absolute Gasteiger partial charge is 1.00 e. The molecule has 0 aliphatic rings. The summed E-state index contributed by atoms with van der Waals surface area (Å²) >= 11 is 0. The van der Waals surface area contributed by atoms with Gasteiger partial charge in [-0.3, -0.25) is 0 Å². The van der Waals surface area contributed by atoms with E-state index in [4.69, 9.17) is 0 Å². The number of benzene rings is 1. The fourth-order valence-electron chi connectivity index (χ4n) is 1.41. The minimum Gasteiger partial charge on any atom is -0.744 e. The van der Waals surface area contributed by atoms with Gasteiger partial charge in [0, 0.05) is 0 Å². The smallest absolute Gasteiger partial charge is 0.744 e. The van der Waals surface area contributed by atoms with Crippen LogP contribution in [0.4, 0.5) is 0 Å². The van der Waals surface area contributed by atoms with E-state index in [1.165, 1.54) is 12.1 Å². The first-order chi connectivity index (χ1) is 6.90. The molecule has 0 saturated carbocycles. The molecule has 0 aliphatic carbocycles. The maximum Gasteiger partial charge on any atom is 1.00 e. The van der Waals surface area contributed by atoms with Gasteiger partial charge >= 0.3 is 29.6 Å². The molecule has 6 heteroatoms. The third kappa shape index (κ3) is 3.46. The van der Waals surface area contributed by atoms with Crippen molar-refractivity contribution in [3.63, 3.8) is 0 Å². The molecule has 0 unspecified atom stereocenters. The van der Waals surface area contributed by atoms with Gasteiger partial charge < -0.3 is 9.66 Å². The van der Waals surface area contributed by atoms with Crippen LogP contribution in [0.3, 0.4) is 0 Å². The summed E-state index contributed by atoms with van der Waals surface area (Å²) in [6.45, 7) is 3.57. The minimum atomic E-state index is -4.45. The molecule has 1 N–H and O–H groups in total. The van der Waals surface area contributed by atoms with E-state index in [2.05, 4.69) is 0 Å². The predicted octanol–water partition coefficient (Wildman–Crippen LogP) is -1.57. The third-order valence-corrected chi connectivity index (χ3v) is 3.10. The SMILES string of the molecule is CCc1cc(S(=O)(=O)[O-])cc(CC)c1O.[Na+]. The zero-order chi connectivity index (χ0) is 11.6. The Balaban J connectivity index is 0.00000225. The van der Waals surface area contributed by atoms with Crippen LogP contribution in [0.1, 0.15) is 25.0 Å². The van der Waals surface area contributed by atoms with Crippen molar-refractivity contribution in [3.8, 4) is 5.75 Å². The van der Waals surface area contributed by atoms with Crippen molar-refractivity contribution in [3.05, 3.63) is 23.3 Å². The third-order valence-electron chi connectivity index (χ3n) is 2.29. The summed E-state index contributed by atoms with van der Waals surface area (Å²) in [7, 11) is -4.45. The molecule has 0 amide bonds. The van der Waals surface area contributed by atoms with E-state index in [-0.39, 0.29) is 40.2 Å². The molecule has 0 aromatic heterocycles. The van der Waals surface area contributed by atoms with Gasteiger partial charge in [0.25, 0.3) is 0 Å². The maximum absolute atomic E-state index is 10.8. The first kappa shape index (κ1) is 15.9. The second kappa shape index (κ2) is 6.02. The Morgan fingerprint density at radius 2 is 1.56 bits per heavy atom. The molecule has 84 valence electrons. The van der Waals surface area contributed by atoms with Crippen molar-refractivity contribution in [2.75, 3.05) is 0 Å². The van der Waals surface area contributed by atoms with E-state index in [0.29, 0.717) is 24.0 Å². The Kier molecular flexibility index (Phi) is 6.00. The topological polar surface area (TPSA) is 77.4 Å². The van der Waals surface area contributed by atoms with Crippen molar-refractivity contribution >= 4 is 10.1 Å². The molecule has 1 aromatic carbocycles. The van der Waals surface area contributed by atoms with Crippen molar-refractivity contribution in [1.82, 2.24) is 0 Å². The normalized spacial score (nSPS) is 10.9. The molecule has 0 heterocycles. The van der Waals surface area contributed by atoms with E-state index < -0.39 is 10.1 Å². The second-order valence-corrected chi connectivity index (χ2v) is 4.63. The molecule has 4 nitrogen and oxygen atoms in total. The first-order valence-electron chi connectivity index (χ1n) is 4.70. The molecule has 0 saturated heterocycles. The van der Waals surface area contributed by atoms with Gasteiger partial charge in [-0.05, 0) is 36.1 Å². The van der Waals surface area contributed by atoms with E-state index in [1.54, 1.807) is 13.8 Å². The van der Waals surface area contributed by atoms with E-state index in [0.717, 1.165) is 0 Å². The molecule has 0 fully saturated rings. The zero-order valence-electron chi connectivity index (χ0n) is 9.65. The summed E-state index contributed by atoms with van der Waals surface area (Å²) in [5.74, 6) is 0.0902. The van der Waals surface area contributed by atoms with Crippen molar-refractivity contribution in [2.45, 2.75) is 31.6 Å². The summed E-state index contributed by atoms with van der Waals surface area (Å²) in [5, 5.41) is 9.68. The fraction of sp³-hybridized carbons (Fsp3) is 0.400. The molecule has 0 radical (unpaired) electrons. The Hall–Kier alpha value is -0.0700. The molecule has 0 atom stereocenters. The van der Waals surface area contributed by atoms with Crippen LogP contribution in [0.15, 0.2) is 17.0 Å². The molecule has 1 rings (SSSR count). The van der Waals surface area contributed by atoms with Crippen LogP contribution in [-0.2, 0) is 23.0 Å². The van der Waals surface area contributed by atoms with Crippen LogP contribution in [0.5, 0.6) is 5.75 Å². The van der Waals surface area contributed by atoms with Crippen molar-refractivity contribution in [2.24, 2.45) is 0 Å². The molecule has 0 spiro atoms. The Bertz CT molecular complexity index is 443. The van der Waals surface area contributed by atoms with Crippen molar-refractivity contribution in [1.29, 1.82) is 0 Å². The van der Waals surface area contributed by atoms with Crippen LogP contribution in [0, 0.1) is 0 Å². The zero-order valence-corrected chi connectivity index (χ0v) is 12.5. The molecule has 0 aliphatic heterocycles. The van der Waals surface area contributed by atoms with Crippen LogP contribution in [0.25, 0.3) is 0 Å². The Morgan fingerprint density at radius 3 is 1.81 bits per heavy atom. The van der Waals surface area contributed by atoms with Crippen molar-refractivity contribution < 1.29 is 47.6 Å². The minimum absolute atomic E-state index is 0. The number of hydrogen-bond acceptors (Lipinski definition) is 4. The summed E-state index contributed by atoms with van der Waals surface area (Å²) in [6, 6.07) is 2.47. The Labute approximate surface area is 118 Å². The molecule has 0 bridgehead atoms. The first-order valence-corrected chi connectivity index (χ1v) is 6.11. The van der Waals surface area contributed by atoms with Crippen LogP contribution < -0.4 is 29.6 Å². The number of hydrogen-bond donors (Lipinski definition) is 1. The van der Waals surface area contributed by atoms with E-state index >= 15 is 0 Å². The van der Waals surface area contributed by atoms with Gasteiger partial charge in [-0.15, -0.1) is 0 Å². The molecular weight excluding hydrogens is 239 g/mol. The number of phenolic OH excluding ortho intramolecular Hbond substituents is 1. The average Bonchev–Trinajstić information content (AvgIpc) is 2.16. The standard InChI is InChI=1S/C10H14O4S.Na/c1-3-7-5-9(15(12,13)14)6-8(4-2)10(7)11;/h5-6,11H,3-4H2,1-2H3,(H,12,13,14);/q;+1/p-1. The quantitative estimate of drug-likeness (QED) is 0.520. The van der Waals surface area contributed by atoms with E-state index in [1.807, 2.05) is 0 Å². The molecule has 1 aromatic rings. The van der Waals surface area contributed by atoms with Crippen LogP contribution in [-0.4, -0.2) is 18.1 Å². The fourth-order valence-corrected chi connectivity index (χ4v) is 1.98. The maximum atomic E-state index is 10.8. The van der Waals surface area contributed by atoms with Gasteiger partial charge in [0.05, 0.1) is 4.90 Å². The summed E-state index contributed by atoms with van der Waals surface area (Å²) in [4.78, 5) is -0.269. The predicted molar refractivity (Wildman–Crippen MR) is 54.8 cm³/mol. The van der Waals surface area contributed by atoms with Crippen LogP contribution in [0.2, 0.25) is 0 Å².